The van der Waals surface area contributed by atoms with Gasteiger partial charge in [0.05, 0.1) is 0 Å². The third-order valence-corrected chi connectivity index (χ3v) is 4.24. The molecular formula is C18H26N2O2. The van der Waals surface area contributed by atoms with Gasteiger partial charge in [-0.2, -0.15) is 0 Å². The van der Waals surface area contributed by atoms with E-state index in [1.54, 1.807) is 4.90 Å². The number of rotatable bonds is 6. The van der Waals surface area contributed by atoms with Gasteiger partial charge in [-0.1, -0.05) is 44.2 Å². The van der Waals surface area contributed by atoms with Gasteiger partial charge in [0.1, 0.15) is 6.04 Å². The van der Waals surface area contributed by atoms with Crippen LogP contribution >= 0.6 is 0 Å². The second-order valence-electron chi connectivity index (χ2n) is 6.22. The van der Waals surface area contributed by atoms with Gasteiger partial charge >= 0.3 is 0 Å². The average molecular weight is 302 g/mol. The molecule has 1 saturated heterocycles. The van der Waals surface area contributed by atoms with Gasteiger partial charge in [0.2, 0.25) is 11.8 Å². The molecule has 22 heavy (non-hydrogen) atoms. The van der Waals surface area contributed by atoms with Crippen molar-refractivity contribution in [2.75, 3.05) is 13.1 Å². The Labute approximate surface area is 133 Å². The van der Waals surface area contributed by atoms with Gasteiger partial charge in [0.25, 0.3) is 0 Å². The minimum Gasteiger partial charge on any atom is -0.337 e. The molecule has 1 heterocycles. The van der Waals surface area contributed by atoms with E-state index in [4.69, 9.17) is 0 Å². The van der Waals surface area contributed by atoms with Gasteiger partial charge in [-0.25, -0.2) is 0 Å². The third kappa shape index (κ3) is 3.67. The summed E-state index contributed by atoms with van der Waals surface area (Å²) in [7, 11) is 0. The van der Waals surface area contributed by atoms with Gasteiger partial charge in [-0.05, 0) is 24.8 Å². The Bertz CT molecular complexity index is 513. The molecular weight excluding hydrogens is 276 g/mol. The Morgan fingerprint density at radius 3 is 2.45 bits per heavy atom. The molecule has 0 radical (unpaired) electrons. The van der Waals surface area contributed by atoms with Gasteiger partial charge < -0.3 is 9.80 Å². The van der Waals surface area contributed by atoms with Crippen LogP contribution in [0, 0.1) is 5.92 Å². The van der Waals surface area contributed by atoms with E-state index in [1.165, 1.54) is 0 Å². The zero-order chi connectivity index (χ0) is 16.1. The molecule has 4 heteroatoms. The van der Waals surface area contributed by atoms with Gasteiger partial charge in [-0.3, -0.25) is 9.59 Å². The Balaban J connectivity index is 2.15. The molecule has 0 spiro atoms. The summed E-state index contributed by atoms with van der Waals surface area (Å²) in [5.41, 5.74) is 1.12. The number of amides is 2. The normalized spacial score (nSPS) is 16.2. The van der Waals surface area contributed by atoms with Crippen molar-refractivity contribution in [2.45, 2.75) is 46.2 Å². The van der Waals surface area contributed by atoms with Crippen LogP contribution in [0.4, 0.5) is 0 Å². The van der Waals surface area contributed by atoms with Crippen LogP contribution in [0.25, 0.3) is 0 Å². The summed E-state index contributed by atoms with van der Waals surface area (Å²) >= 11 is 0. The fourth-order valence-corrected chi connectivity index (χ4v) is 3.08. The van der Waals surface area contributed by atoms with E-state index in [9.17, 15) is 9.59 Å². The van der Waals surface area contributed by atoms with Crippen LogP contribution < -0.4 is 0 Å². The SMILES string of the molecule is CCN(Cc1ccccc1)C(=O)C(C(C)C)N1CCCC1=O. The molecule has 0 saturated carbocycles. The molecule has 0 N–H and O–H groups in total. The summed E-state index contributed by atoms with van der Waals surface area (Å²) < 4.78 is 0. The van der Waals surface area contributed by atoms with E-state index < -0.39 is 0 Å². The number of likely N-dealkylation sites (tertiary alicyclic amines) is 1. The predicted octanol–water partition coefficient (Wildman–Crippen LogP) is 2.68. The first-order valence-electron chi connectivity index (χ1n) is 8.16. The van der Waals surface area contributed by atoms with Crippen molar-refractivity contribution in [3.63, 3.8) is 0 Å². The van der Waals surface area contributed by atoms with E-state index in [2.05, 4.69) is 0 Å². The maximum absolute atomic E-state index is 13.0. The second kappa shape index (κ2) is 7.43. The predicted molar refractivity (Wildman–Crippen MR) is 87.1 cm³/mol. The molecule has 1 aromatic carbocycles. The van der Waals surface area contributed by atoms with Crippen molar-refractivity contribution in [2.24, 2.45) is 5.92 Å². The highest BCUT2D eigenvalue weighted by Crippen LogP contribution is 2.21. The van der Waals surface area contributed by atoms with Crippen LogP contribution in [-0.4, -0.2) is 40.7 Å². The molecule has 1 unspecified atom stereocenters. The maximum Gasteiger partial charge on any atom is 0.245 e. The van der Waals surface area contributed by atoms with Crippen LogP contribution in [0.3, 0.4) is 0 Å². The fraction of sp³-hybridized carbons (Fsp3) is 0.556. The molecule has 1 aliphatic heterocycles. The Kier molecular flexibility index (Phi) is 5.58. The molecule has 0 bridgehead atoms. The number of hydrogen-bond donors (Lipinski definition) is 0. The topological polar surface area (TPSA) is 40.6 Å². The summed E-state index contributed by atoms with van der Waals surface area (Å²) in [6.45, 7) is 7.98. The first kappa shape index (κ1) is 16.5. The van der Waals surface area contributed by atoms with Gasteiger partial charge in [0.15, 0.2) is 0 Å². The summed E-state index contributed by atoms with van der Waals surface area (Å²) in [4.78, 5) is 28.7. The highest BCUT2D eigenvalue weighted by atomic mass is 16.2. The summed E-state index contributed by atoms with van der Waals surface area (Å²) in [6.07, 6.45) is 1.43. The third-order valence-electron chi connectivity index (χ3n) is 4.24. The van der Waals surface area contributed by atoms with Crippen LogP contribution in [0.15, 0.2) is 30.3 Å². The molecule has 1 fully saturated rings. The van der Waals surface area contributed by atoms with Crippen molar-refractivity contribution in [3.8, 4) is 0 Å². The Hall–Kier alpha value is -1.84. The van der Waals surface area contributed by atoms with Crippen LogP contribution in [0.1, 0.15) is 39.2 Å². The largest absolute Gasteiger partial charge is 0.337 e. The van der Waals surface area contributed by atoms with E-state index in [0.717, 1.165) is 12.0 Å². The lowest BCUT2D eigenvalue weighted by Crippen LogP contribution is -2.51. The molecule has 1 aromatic rings. The van der Waals surface area contributed by atoms with Crippen LogP contribution in [-0.2, 0) is 16.1 Å². The number of likely N-dealkylation sites (N-methyl/N-ethyl adjacent to an activating group) is 1. The summed E-state index contributed by atoms with van der Waals surface area (Å²) in [5.74, 6) is 0.304. The Morgan fingerprint density at radius 2 is 1.95 bits per heavy atom. The van der Waals surface area contributed by atoms with E-state index in [0.29, 0.717) is 26.1 Å². The van der Waals surface area contributed by atoms with Crippen molar-refractivity contribution < 1.29 is 9.59 Å². The highest BCUT2D eigenvalue weighted by Gasteiger charge is 2.36. The van der Waals surface area contributed by atoms with E-state index in [1.807, 2.05) is 56.0 Å². The number of carbonyl (C=O) groups is 2. The summed E-state index contributed by atoms with van der Waals surface area (Å²) in [6, 6.07) is 9.66. The molecule has 2 rings (SSSR count). The monoisotopic (exact) mass is 302 g/mol. The first-order chi connectivity index (χ1) is 10.5. The van der Waals surface area contributed by atoms with Crippen molar-refractivity contribution in [1.82, 2.24) is 9.80 Å². The quantitative estimate of drug-likeness (QED) is 0.810. The number of hydrogen-bond acceptors (Lipinski definition) is 2. The molecule has 2 amide bonds. The molecule has 0 aromatic heterocycles. The standard InChI is InChI=1S/C18H26N2O2/c1-4-19(13-15-9-6-5-7-10-15)18(22)17(14(2)3)20-12-8-11-16(20)21/h5-7,9-10,14,17H,4,8,11-13H2,1-3H3. The maximum atomic E-state index is 13.0. The highest BCUT2D eigenvalue weighted by molar-refractivity contribution is 5.88. The van der Waals surface area contributed by atoms with E-state index >= 15 is 0 Å². The number of carbonyl (C=O) groups excluding carboxylic acids is 2. The lowest BCUT2D eigenvalue weighted by molar-refractivity contribution is -0.145. The number of nitrogens with zero attached hydrogens (tertiary/aromatic N) is 2. The minimum atomic E-state index is -0.335. The lowest BCUT2D eigenvalue weighted by atomic mass is 10.0. The van der Waals surface area contributed by atoms with Crippen LogP contribution in [0.2, 0.25) is 0 Å². The minimum absolute atomic E-state index is 0.0663. The zero-order valence-corrected chi connectivity index (χ0v) is 13.8. The fourth-order valence-electron chi connectivity index (χ4n) is 3.08. The van der Waals surface area contributed by atoms with Gasteiger partial charge in [-0.15, -0.1) is 0 Å². The van der Waals surface area contributed by atoms with Crippen molar-refractivity contribution in [1.29, 1.82) is 0 Å². The first-order valence-corrected chi connectivity index (χ1v) is 8.16. The molecule has 1 aliphatic rings. The molecule has 4 nitrogen and oxygen atoms in total. The van der Waals surface area contributed by atoms with E-state index in [-0.39, 0.29) is 23.8 Å². The molecule has 0 aliphatic carbocycles. The van der Waals surface area contributed by atoms with Crippen LogP contribution in [0.5, 0.6) is 0 Å². The smallest absolute Gasteiger partial charge is 0.245 e. The Morgan fingerprint density at radius 1 is 1.27 bits per heavy atom. The zero-order valence-electron chi connectivity index (χ0n) is 13.8. The second-order valence-corrected chi connectivity index (χ2v) is 6.22. The number of benzene rings is 1. The molecule has 1 atom stereocenters. The summed E-state index contributed by atoms with van der Waals surface area (Å²) in [5, 5.41) is 0. The molecule has 120 valence electrons. The average Bonchev–Trinajstić information content (AvgIpc) is 2.91. The van der Waals surface area contributed by atoms with Gasteiger partial charge in [0, 0.05) is 26.1 Å². The van der Waals surface area contributed by atoms with Crippen molar-refractivity contribution in [3.05, 3.63) is 35.9 Å². The lowest BCUT2D eigenvalue weighted by Gasteiger charge is -2.34. The van der Waals surface area contributed by atoms with Crippen molar-refractivity contribution >= 4 is 11.8 Å².